The van der Waals surface area contributed by atoms with E-state index in [0.717, 1.165) is 25.9 Å². The predicted molar refractivity (Wildman–Crippen MR) is 86.2 cm³/mol. The van der Waals surface area contributed by atoms with Gasteiger partial charge in [0, 0.05) is 31.2 Å². The third-order valence-electron chi connectivity index (χ3n) is 3.89. The van der Waals surface area contributed by atoms with Crippen LogP contribution in [-0.2, 0) is 9.59 Å². The quantitative estimate of drug-likeness (QED) is 0.867. The number of aliphatic carboxylic acids is 1. The van der Waals surface area contributed by atoms with Crippen LogP contribution in [0.2, 0.25) is 0 Å². The van der Waals surface area contributed by atoms with E-state index in [9.17, 15) is 9.59 Å². The highest BCUT2D eigenvalue weighted by Gasteiger charge is 2.23. The molecule has 0 radical (unpaired) electrons. The van der Waals surface area contributed by atoms with Gasteiger partial charge in [-0.25, -0.2) is 4.98 Å². The number of hydrogen-bond acceptors (Lipinski definition) is 5. The Hall–Kier alpha value is -1.63. The molecule has 0 aromatic carbocycles. The Labute approximate surface area is 134 Å². The van der Waals surface area contributed by atoms with Crippen molar-refractivity contribution in [3.05, 3.63) is 11.6 Å². The molecular formula is C15H23N3O3S. The molecule has 0 saturated carbocycles. The Balaban J connectivity index is 2.02. The third kappa shape index (κ3) is 4.69. The topological polar surface area (TPSA) is 73.7 Å². The van der Waals surface area contributed by atoms with Crippen molar-refractivity contribution in [3.8, 4) is 0 Å². The van der Waals surface area contributed by atoms with Gasteiger partial charge >= 0.3 is 5.97 Å². The van der Waals surface area contributed by atoms with E-state index in [1.165, 1.54) is 24.2 Å². The maximum Gasteiger partial charge on any atom is 0.308 e. The van der Waals surface area contributed by atoms with E-state index in [4.69, 9.17) is 5.11 Å². The lowest BCUT2D eigenvalue weighted by Gasteiger charge is -2.27. The fraction of sp³-hybridized carbons (Fsp3) is 0.667. The molecule has 2 rings (SSSR count). The zero-order chi connectivity index (χ0) is 15.9. The zero-order valence-corrected chi connectivity index (χ0v) is 13.7. The summed E-state index contributed by atoms with van der Waals surface area (Å²) in [6.45, 7) is 3.75. The van der Waals surface area contributed by atoms with Crippen molar-refractivity contribution >= 4 is 28.3 Å². The van der Waals surface area contributed by atoms with E-state index < -0.39 is 11.9 Å². The number of carbonyl (C=O) groups is 2. The van der Waals surface area contributed by atoms with Gasteiger partial charge in [0.1, 0.15) is 0 Å². The summed E-state index contributed by atoms with van der Waals surface area (Å²) in [6, 6.07) is 0. The van der Waals surface area contributed by atoms with Crippen molar-refractivity contribution in [3.63, 3.8) is 0 Å². The van der Waals surface area contributed by atoms with Gasteiger partial charge in [-0.3, -0.25) is 9.59 Å². The summed E-state index contributed by atoms with van der Waals surface area (Å²) in [5.74, 6) is -1.33. The number of thiazole rings is 1. The lowest BCUT2D eigenvalue weighted by Crippen LogP contribution is -2.43. The number of rotatable bonds is 6. The molecule has 22 heavy (non-hydrogen) atoms. The molecule has 1 aromatic heterocycles. The van der Waals surface area contributed by atoms with Crippen LogP contribution in [0.5, 0.6) is 0 Å². The van der Waals surface area contributed by atoms with Crippen LogP contribution in [0.25, 0.3) is 0 Å². The molecular weight excluding hydrogens is 302 g/mol. The molecule has 1 aliphatic rings. The average molecular weight is 325 g/mol. The van der Waals surface area contributed by atoms with Crippen LogP contribution in [0.1, 0.15) is 32.6 Å². The van der Waals surface area contributed by atoms with Crippen molar-refractivity contribution in [2.45, 2.75) is 32.6 Å². The molecule has 0 spiro atoms. The van der Waals surface area contributed by atoms with Gasteiger partial charge in [-0.2, -0.15) is 0 Å². The van der Waals surface area contributed by atoms with Crippen LogP contribution in [0.4, 0.5) is 5.13 Å². The van der Waals surface area contributed by atoms with Crippen LogP contribution in [0, 0.1) is 5.92 Å². The van der Waals surface area contributed by atoms with E-state index in [1.54, 1.807) is 18.0 Å². The zero-order valence-electron chi connectivity index (χ0n) is 12.9. The summed E-state index contributed by atoms with van der Waals surface area (Å²) in [6.07, 6.45) is 6.13. The Bertz CT molecular complexity index is 484. The maximum atomic E-state index is 12.5. The van der Waals surface area contributed by atoms with Gasteiger partial charge < -0.3 is 14.9 Å². The molecule has 0 bridgehead atoms. The number of hydrogen-bond donors (Lipinski definition) is 1. The highest BCUT2D eigenvalue weighted by atomic mass is 32.1. The highest BCUT2D eigenvalue weighted by Crippen LogP contribution is 2.19. The Kier molecular flexibility index (Phi) is 6.18. The van der Waals surface area contributed by atoms with E-state index >= 15 is 0 Å². The van der Waals surface area contributed by atoms with Crippen molar-refractivity contribution in [1.82, 2.24) is 9.88 Å². The fourth-order valence-corrected chi connectivity index (χ4v) is 3.23. The first-order chi connectivity index (χ1) is 10.6. The van der Waals surface area contributed by atoms with Crippen molar-refractivity contribution in [2.24, 2.45) is 5.92 Å². The van der Waals surface area contributed by atoms with Crippen LogP contribution < -0.4 is 4.90 Å². The lowest BCUT2D eigenvalue weighted by molar-refractivity contribution is -0.141. The monoisotopic (exact) mass is 325 g/mol. The number of nitrogens with zero attached hydrogens (tertiary/aromatic N) is 3. The Morgan fingerprint density at radius 3 is 2.59 bits per heavy atom. The summed E-state index contributed by atoms with van der Waals surface area (Å²) in [7, 11) is 0. The predicted octanol–water partition coefficient (Wildman–Crippen LogP) is 2.07. The van der Waals surface area contributed by atoms with Gasteiger partial charge in [0.2, 0.25) is 5.91 Å². The Morgan fingerprint density at radius 1 is 1.36 bits per heavy atom. The number of anilines is 1. The minimum Gasteiger partial charge on any atom is -0.481 e. The van der Waals surface area contributed by atoms with Crippen molar-refractivity contribution < 1.29 is 14.7 Å². The molecule has 1 saturated heterocycles. The molecule has 1 aliphatic heterocycles. The van der Waals surface area contributed by atoms with Crippen LogP contribution in [0.3, 0.4) is 0 Å². The van der Waals surface area contributed by atoms with Crippen molar-refractivity contribution in [1.29, 1.82) is 0 Å². The number of carbonyl (C=O) groups excluding carboxylic acids is 1. The number of carboxylic acids is 1. The summed E-state index contributed by atoms with van der Waals surface area (Å²) in [5, 5.41) is 11.7. The van der Waals surface area contributed by atoms with Gasteiger partial charge in [-0.05, 0) is 12.8 Å². The van der Waals surface area contributed by atoms with Gasteiger partial charge in [0.15, 0.2) is 5.13 Å². The number of likely N-dealkylation sites (tertiary alicyclic amines) is 1. The van der Waals surface area contributed by atoms with E-state index in [0.29, 0.717) is 11.7 Å². The van der Waals surface area contributed by atoms with Crippen LogP contribution in [-0.4, -0.2) is 53.0 Å². The van der Waals surface area contributed by atoms with Crippen molar-refractivity contribution in [2.75, 3.05) is 31.1 Å². The molecule has 1 amide bonds. The van der Waals surface area contributed by atoms with E-state index in [2.05, 4.69) is 4.98 Å². The standard InChI is InChI=1S/C15H23N3O3S/c1-12(14(20)21)10-18(15-16-6-9-22-15)11-13(19)17-7-4-2-3-5-8-17/h6,9,12H,2-5,7-8,10-11H2,1H3,(H,20,21). The number of carboxylic acid groups (broad SMARTS) is 1. The second-order valence-electron chi connectivity index (χ2n) is 5.73. The first kappa shape index (κ1) is 16.7. The van der Waals surface area contributed by atoms with Crippen LogP contribution >= 0.6 is 11.3 Å². The molecule has 1 atom stereocenters. The van der Waals surface area contributed by atoms with Gasteiger partial charge in [0.25, 0.3) is 0 Å². The minimum absolute atomic E-state index is 0.0645. The number of aromatic nitrogens is 1. The molecule has 122 valence electrons. The molecule has 1 N–H and O–H groups in total. The van der Waals surface area contributed by atoms with Gasteiger partial charge in [-0.1, -0.05) is 19.8 Å². The second-order valence-corrected chi connectivity index (χ2v) is 6.60. The van der Waals surface area contributed by atoms with Crippen LogP contribution in [0.15, 0.2) is 11.6 Å². The minimum atomic E-state index is -0.858. The molecule has 0 aliphatic carbocycles. The summed E-state index contributed by atoms with van der Waals surface area (Å²) >= 11 is 1.43. The SMILES string of the molecule is CC(CN(CC(=O)N1CCCCCC1)c1nccs1)C(=O)O. The fourth-order valence-electron chi connectivity index (χ4n) is 2.57. The first-order valence-electron chi connectivity index (χ1n) is 7.73. The maximum absolute atomic E-state index is 12.5. The molecule has 2 heterocycles. The Morgan fingerprint density at radius 2 is 2.05 bits per heavy atom. The van der Waals surface area contributed by atoms with E-state index in [1.807, 2.05) is 10.3 Å². The molecule has 1 unspecified atom stereocenters. The summed E-state index contributed by atoms with van der Waals surface area (Å²) < 4.78 is 0. The smallest absolute Gasteiger partial charge is 0.308 e. The van der Waals surface area contributed by atoms with Gasteiger partial charge in [-0.15, -0.1) is 11.3 Å². The largest absolute Gasteiger partial charge is 0.481 e. The molecule has 6 nitrogen and oxygen atoms in total. The second kappa shape index (κ2) is 8.12. The summed E-state index contributed by atoms with van der Waals surface area (Å²) in [4.78, 5) is 31.5. The molecule has 7 heteroatoms. The summed E-state index contributed by atoms with van der Waals surface area (Å²) in [5.41, 5.74) is 0. The highest BCUT2D eigenvalue weighted by molar-refractivity contribution is 7.13. The third-order valence-corrected chi connectivity index (χ3v) is 4.72. The number of amides is 1. The van der Waals surface area contributed by atoms with Gasteiger partial charge in [0.05, 0.1) is 12.5 Å². The molecule has 1 fully saturated rings. The molecule has 1 aromatic rings. The average Bonchev–Trinajstić information content (AvgIpc) is 2.88. The normalized spacial score (nSPS) is 16.9. The lowest BCUT2D eigenvalue weighted by atomic mass is 10.2. The van der Waals surface area contributed by atoms with E-state index in [-0.39, 0.29) is 12.5 Å². The first-order valence-corrected chi connectivity index (χ1v) is 8.61.